The maximum absolute atomic E-state index is 10.7. The molecule has 0 saturated carbocycles. The fourth-order valence-electron chi connectivity index (χ4n) is 2.41. The molecule has 3 N–H and O–H groups in total. The monoisotopic (exact) mass is 437 g/mol. The Labute approximate surface area is 157 Å². The number of halogens is 1. The van der Waals surface area contributed by atoms with Gasteiger partial charge in [-0.1, -0.05) is 19.8 Å². The van der Waals surface area contributed by atoms with Crippen LogP contribution in [-0.2, 0) is 5.60 Å². The zero-order valence-electron chi connectivity index (χ0n) is 15.0. The summed E-state index contributed by atoms with van der Waals surface area (Å²) in [7, 11) is 0. The zero-order valence-corrected chi connectivity index (χ0v) is 17.4. The molecule has 1 atom stereocenters. The van der Waals surface area contributed by atoms with Gasteiger partial charge in [0.1, 0.15) is 17.1 Å². The molecule has 0 aromatic carbocycles. The van der Waals surface area contributed by atoms with E-state index in [9.17, 15) is 5.11 Å². The molecule has 5 nitrogen and oxygen atoms in total. The van der Waals surface area contributed by atoms with Crippen LogP contribution in [0.15, 0.2) is 15.5 Å². The number of aliphatic imine (C=N–C) groups is 1. The number of aliphatic hydroxyl groups is 1. The molecule has 1 rings (SSSR count). The molecule has 0 bridgehead atoms. The van der Waals surface area contributed by atoms with Gasteiger partial charge in [0.05, 0.1) is 6.54 Å². The molecule has 0 saturated heterocycles. The lowest BCUT2D eigenvalue weighted by Crippen LogP contribution is -2.39. The Balaban J connectivity index is 0.00000484. The highest BCUT2D eigenvalue weighted by Crippen LogP contribution is 2.27. The van der Waals surface area contributed by atoms with Gasteiger partial charge in [-0.2, -0.15) is 0 Å². The molecule has 23 heavy (non-hydrogen) atoms. The molecule has 0 aliphatic carbocycles. The number of hydrogen-bond acceptors (Lipinski definition) is 3. The second-order valence-corrected chi connectivity index (χ2v) is 5.93. The highest BCUT2D eigenvalue weighted by molar-refractivity contribution is 14.0. The lowest BCUT2D eigenvalue weighted by molar-refractivity contribution is 0.0657. The summed E-state index contributed by atoms with van der Waals surface area (Å²) < 4.78 is 5.51. The molecule has 1 aromatic rings. The Morgan fingerprint density at radius 1 is 1.26 bits per heavy atom. The van der Waals surface area contributed by atoms with E-state index in [4.69, 9.17) is 4.42 Å². The van der Waals surface area contributed by atoms with E-state index < -0.39 is 5.60 Å². The maximum atomic E-state index is 10.7. The summed E-state index contributed by atoms with van der Waals surface area (Å²) >= 11 is 0. The largest absolute Gasteiger partial charge is 0.466 e. The topological polar surface area (TPSA) is 69.8 Å². The van der Waals surface area contributed by atoms with E-state index in [1.807, 2.05) is 26.8 Å². The number of unbranched alkanes of at least 4 members (excludes halogenated alkanes) is 2. The first-order chi connectivity index (χ1) is 10.4. The predicted molar refractivity (Wildman–Crippen MR) is 107 cm³/mol. The van der Waals surface area contributed by atoms with Gasteiger partial charge in [-0.3, -0.25) is 0 Å². The number of guanidine groups is 1. The van der Waals surface area contributed by atoms with E-state index in [0.717, 1.165) is 42.6 Å². The number of hydrogen-bond donors (Lipinski definition) is 3. The SMILES string of the molecule is CCCCCNC(=NCC(C)(O)c1cc(C)oc1C)NCC.I. The van der Waals surface area contributed by atoms with Crippen molar-refractivity contribution < 1.29 is 9.52 Å². The standard InChI is InChI=1S/C17H31N3O2.HI/c1-6-8-9-10-19-16(18-7-2)20-12-17(5,21)15-11-13(3)22-14(15)4;/h11,21H,6-10,12H2,1-5H3,(H2,18,19,20);1H. The van der Waals surface area contributed by atoms with E-state index in [1.165, 1.54) is 12.8 Å². The fourth-order valence-corrected chi connectivity index (χ4v) is 2.41. The van der Waals surface area contributed by atoms with Crippen molar-refractivity contribution in [3.8, 4) is 0 Å². The van der Waals surface area contributed by atoms with Gasteiger partial charge >= 0.3 is 0 Å². The minimum absolute atomic E-state index is 0. The van der Waals surface area contributed by atoms with Gasteiger partial charge < -0.3 is 20.2 Å². The lowest BCUT2D eigenvalue weighted by atomic mass is 9.96. The number of nitrogens with one attached hydrogen (secondary N) is 2. The normalized spacial score (nSPS) is 14.1. The molecule has 0 radical (unpaired) electrons. The summed E-state index contributed by atoms with van der Waals surface area (Å²) in [6.07, 6.45) is 3.53. The summed E-state index contributed by atoms with van der Waals surface area (Å²) in [6, 6.07) is 1.88. The van der Waals surface area contributed by atoms with Crippen LogP contribution in [0.4, 0.5) is 0 Å². The molecule has 1 heterocycles. The van der Waals surface area contributed by atoms with Crippen molar-refractivity contribution in [2.75, 3.05) is 19.6 Å². The number of rotatable bonds is 8. The van der Waals surface area contributed by atoms with Gasteiger partial charge in [-0.25, -0.2) is 4.99 Å². The van der Waals surface area contributed by atoms with Gasteiger partial charge in [0, 0.05) is 18.7 Å². The third-order valence-electron chi connectivity index (χ3n) is 3.58. The number of furan rings is 1. The highest BCUT2D eigenvalue weighted by atomic mass is 127. The first-order valence-corrected chi connectivity index (χ1v) is 8.22. The molecule has 0 fully saturated rings. The molecule has 1 aromatic heterocycles. The van der Waals surface area contributed by atoms with Crippen LogP contribution >= 0.6 is 24.0 Å². The summed E-state index contributed by atoms with van der Waals surface area (Å²) in [5.74, 6) is 2.30. The summed E-state index contributed by atoms with van der Waals surface area (Å²) in [5, 5.41) is 17.2. The average molecular weight is 437 g/mol. The van der Waals surface area contributed by atoms with E-state index in [0.29, 0.717) is 0 Å². The first-order valence-electron chi connectivity index (χ1n) is 8.22. The Morgan fingerprint density at radius 3 is 2.48 bits per heavy atom. The zero-order chi connectivity index (χ0) is 16.6. The summed E-state index contributed by atoms with van der Waals surface area (Å²) in [6.45, 7) is 11.7. The van der Waals surface area contributed by atoms with Crippen molar-refractivity contribution in [1.82, 2.24) is 10.6 Å². The van der Waals surface area contributed by atoms with Crippen LogP contribution in [-0.4, -0.2) is 30.7 Å². The van der Waals surface area contributed by atoms with Gasteiger partial charge in [0.25, 0.3) is 0 Å². The maximum Gasteiger partial charge on any atom is 0.191 e. The molecular formula is C17H32IN3O2. The molecule has 6 heteroatoms. The quantitative estimate of drug-likeness (QED) is 0.252. The average Bonchev–Trinajstić information content (AvgIpc) is 2.80. The van der Waals surface area contributed by atoms with Crippen LogP contribution in [0.2, 0.25) is 0 Å². The van der Waals surface area contributed by atoms with Gasteiger partial charge in [-0.05, 0) is 40.2 Å². The van der Waals surface area contributed by atoms with E-state index in [2.05, 4.69) is 22.5 Å². The summed E-state index contributed by atoms with van der Waals surface area (Å²) in [5.41, 5.74) is -0.233. The minimum Gasteiger partial charge on any atom is -0.466 e. The fraction of sp³-hybridized carbons (Fsp3) is 0.706. The predicted octanol–water partition coefficient (Wildman–Crippen LogP) is 3.47. The van der Waals surface area contributed by atoms with Crippen molar-refractivity contribution >= 4 is 29.9 Å². The van der Waals surface area contributed by atoms with Gasteiger partial charge in [0.15, 0.2) is 5.96 Å². The molecule has 134 valence electrons. The molecule has 0 aliphatic rings. The van der Waals surface area contributed by atoms with Crippen LogP contribution in [0.3, 0.4) is 0 Å². The van der Waals surface area contributed by atoms with Crippen molar-refractivity contribution in [2.24, 2.45) is 4.99 Å². The van der Waals surface area contributed by atoms with Gasteiger partial charge in [-0.15, -0.1) is 24.0 Å². The second kappa shape index (κ2) is 10.9. The van der Waals surface area contributed by atoms with Crippen LogP contribution in [0.5, 0.6) is 0 Å². The highest BCUT2D eigenvalue weighted by Gasteiger charge is 2.27. The molecule has 0 aliphatic heterocycles. The molecule has 0 spiro atoms. The van der Waals surface area contributed by atoms with Crippen LogP contribution in [0.25, 0.3) is 0 Å². The van der Waals surface area contributed by atoms with Crippen molar-refractivity contribution in [2.45, 2.75) is 59.5 Å². The molecule has 1 unspecified atom stereocenters. The number of aryl methyl sites for hydroxylation is 2. The van der Waals surface area contributed by atoms with E-state index >= 15 is 0 Å². The van der Waals surface area contributed by atoms with Crippen molar-refractivity contribution in [3.63, 3.8) is 0 Å². The second-order valence-electron chi connectivity index (χ2n) is 5.93. The van der Waals surface area contributed by atoms with Crippen molar-refractivity contribution in [1.29, 1.82) is 0 Å². The molecule has 0 amide bonds. The summed E-state index contributed by atoms with van der Waals surface area (Å²) in [4.78, 5) is 4.51. The van der Waals surface area contributed by atoms with Gasteiger partial charge in [0.2, 0.25) is 0 Å². The smallest absolute Gasteiger partial charge is 0.191 e. The Morgan fingerprint density at radius 2 is 1.96 bits per heavy atom. The Kier molecular flexibility index (Phi) is 10.6. The number of nitrogens with zero attached hydrogens (tertiary/aromatic N) is 1. The molecular weight excluding hydrogens is 405 g/mol. The van der Waals surface area contributed by atoms with Crippen molar-refractivity contribution in [3.05, 3.63) is 23.2 Å². The Bertz CT molecular complexity index is 484. The minimum atomic E-state index is -1.03. The Hall–Kier alpha value is -0.760. The van der Waals surface area contributed by atoms with Crippen LogP contribution < -0.4 is 10.6 Å². The van der Waals surface area contributed by atoms with E-state index in [1.54, 1.807) is 6.92 Å². The first kappa shape index (κ1) is 22.2. The van der Waals surface area contributed by atoms with Crippen LogP contribution in [0, 0.1) is 13.8 Å². The third-order valence-corrected chi connectivity index (χ3v) is 3.58. The van der Waals surface area contributed by atoms with Crippen LogP contribution in [0.1, 0.15) is 57.1 Å². The van der Waals surface area contributed by atoms with E-state index in [-0.39, 0.29) is 30.5 Å². The lowest BCUT2D eigenvalue weighted by Gasteiger charge is -2.21. The third kappa shape index (κ3) is 7.56.